The molecule has 0 aliphatic rings. The standard InChI is InChI=1S/C33H54O2Si/c1-5-6-7-8-9-10-11-12-13-14-15-16-23-28-34-29-30-35-36(33(2,3)4,31-24-19-17-20-25-31)32-26-21-18-22-27-32/h17-22,24-27H,5-16,23,28-30H2,1-4H3. The molecule has 0 aromatic heterocycles. The van der Waals surface area contributed by atoms with E-state index in [4.69, 9.17) is 9.16 Å². The fourth-order valence-corrected chi connectivity index (χ4v) is 9.88. The summed E-state index contributed by atoms with van der Waals surface area (Å²) in [5.74, 6) is 0. The Labute approximate surface area is 224 Å². The first-order valence-electron chi connectivity index (χ1n) is 14.8. The Balaban J connectivity index is 1.65. The van der Waals surface area contributed by atoms with Crippen LogP contribution < -0.4 is 10.4 Å². The van der Waals surface area contributed by atoms with Crippen molar-refractivity contribution in [2.45, 2.75) is 116 Å². The summed E-state index contributed by atoms with van der Waals surface area (Å²) in [5.41, 5.74) is 0. The van der Waals surface area contributed by atoms with E-state index in [0.717, 1.165) is 13.0 Å². The molecule has 0 saturated heterocycles. The highest BCUT2D eigenvalue weighted by Crippen LogP contribution is 2.36. The monoisotopic (exact) mass is 510 g/mol. The van der Waals surface area contributed by atoms with E-state index >= 15 is 0 Å². The predicted octanol–water partition coefficient (Wildman–Crippen LogP) is 8.67. The van der Waals surface area contributed by atoms with E-state index in [9.17, 15) is 0 Å². The second-order valence-corrected chi connectivity index (χ2v) is 15.7. The fourth-order valence-electron chi connectivity index (χ4n) is 5.34. The SMILES string of the molecule is CCCCCCCCCCCCCCCOCCO[Si](c1ccccc1)(c1ccccc1)C(C)(C)C. The Morgan fingerprint density at radius 2 is 0.944 bits per heavy atom. The van der Waals surface area contributed by atoms with Crippen molar-refractivity contribution in [2.24, 2.45) is 0 Å². The van der Waals surface area contributed by atoms with Crippen LogP contribution in [0.5, 0.6) is 0 Å². The van der Waals surface area contributed by atoms with E-state index < -0.39 is 8.32 Å². The predicted molar refractivity (Wildman–Crippen MR) is 160 cm³/mol. The third-order valence-electron chi connectivity index (χ3n) is 7.36. The highest BCUT2D eigenvalue weighted by atomic mass is 28.4. The lowest BCUT2D eigenvalue weighted by atomic mass is 10.0. The average Bonchev–Trinajstić information content (AvgIpc) is 2.88. The van der Waals surface area contributed by atoms with Crippen LogP contribution in [-0.2, 0) is 9.16 Å². The van der Waals surface area contributed by atoms with Gasteiger partial charge in [0.05, 0.1) is 13.2 Å². The summed E-state index contributed by atoms with van der Waals surface area (Å²) >= 11 is 0. The van der Waals surface area contributed by atoms with Gasteiger partial charge in [0.15, 0.2) is 0 Å². The number of ether oxygens (including phenoxy) is 1. The van der Waals surface area contributed by atoms with Gasteiger partial charge in [0.2, 0.25) is 0 Å². The summed E-state index contributed by atoms with van der Waals surface area (Å²) in [6.45, 7) is 11.4. The zero-order valence-corrected chi connectivity index (χ0v) is 24.9. The van der Waals surface area contributed by atoms with Crippen molar-refractivity contribution in [3.05, 3.63) is 60.7 Å². The van der Waals surface area contributed by atoms with Gasteiger partial charge < -0.3 is 9.16 Å². The minimum atomic E-state index is -2.44. The molecule has 0 bridgehead atoms. The zero-order chi connectivity index (χ0) is 26.0. The topological polar surface area (TPSA) is 18.5 Å². The third kappa shape index (κ3) is 10.5. The van der Waals surface area contributed by atoms with Crippen LogP contribution in [0.2, 0.25) is 5.04 Å². The molecular weight excluding hydrogens is 456 g/mol. The van der Waals surface area contributed by atoms with Crippen molar-refractivity contribution in [1.29, 1.82) is 0 Å². The van der Waals surface area contributed by atoms with Crippen LogP contribution in [-0.4, -0.2) is 28.1 Å². The van der Waals surface area contributed by atoms with Gasteiger partial charge in [-0.2, -0.15) is 0 Å². The first kappa shape index (κ1) is 30.8. The summed E-state index contributed by atoms with van der Waals surface area (Å²) in [5, 5.41) is 2.69. The van der Waals surface area contributed by atoms with E-state index in [1.165, 1.54) is 87.4 Å². The van der Waals surface area contributed by atoms with Crippen molar-refractivity contribution in [3.63, 3.8) is 0 Å². The lowest BCUT2D eigenvalue weighted by Gasteiger charge is -2.43. The van der Waals surface area contributed by atoms with E-state index in [1.807, 2.05) is 0 Å². The molecule has 36 heavy (non-hydrogen) atoms. The van der Waals surface area contributed by atoms with Crippen molar-refractivity contribution in [2.75, 3.05) is 19.8 Å². The van der Waals surface area contributed by atoms with Gasteiger partial charge in [0.25, 0.3) is 8.32 Å². The van der Waals surface area contributed by atoms with Gasteiger partial charge in [-0.05, 0) is 21.8 Å². The number of unbranched alkanes of at least 4 members (excludes halogenated alkanes) is 12. The average molecular weight is 511 g/mol. The zero-order valence-electron chi connectivity index (χ0n) is 23.9. The fraction of sp³-hybridized carbons (Fsp3) is 0.636. The van der Waals surface area contributed by atoms with Gasteiger partial charge in [-0.3, -0.25) is 0 Å². The van der Waals surface area contributed by atoms with Gasteiger partial charge in [-0.25, -0.2) is 0 Å². The second kappa shape index (κ2) is 17.9. The molecule has 0 saturated carbocycles. The molecule has 0 aliphatic heterocycles. The Bertz CT molecular complexity index is 730. The summed E-state index contributed by atoms with van der Waals surface area (Å²) in [6, 6.07) is 21.7. The molecule has 3 heteroatoms. The molecule has 0 fully saturated rings. The molecule has 0 amide bonds. The van der Waals surface area contributed by atoms with Crippen LogP contribution in [0.3, 0.4) is 0 Å². The molecule has 0 atom stereocenters. The van der Waals surface area contributed by atoms with Gasteiger partial charge in [-0.1, -0.05) is 165 Å². The molecule has 0 unspecified atom stereocenters. The molecule has 0 spiro atoms. The maximum Gasteiger partial charge on any atom is 0.261 e. The van der Waals surface area contributed by atoms with E-state index in [1.54, 1.807) is 0 Å². The quantitative estimate of drug-likeness (QED) is 0.131. The Morgan fingerprint density at radius 1 is 0.528 bits per heavy atom. The molecule has 0 N–H and O–H groups in total. The van der Waals surface area contributed by atoms with Crippen LogP contribution in [0, 0.1) is 0 Å². The van der Waals surface area contributed by atoms with E-state index in [0.29, 0.717) is 13.2 Å². The number of hydrogen-bond acceptors (Lipinski definition) is 2. The van der Waals surface area contributed by atoms with Gasteiger partial charge >= 0.3 is 0 Å². The Morgan fingerprint density at radius 3 is 1.36 bits per heavy atom. The highest BCUT2D eigenvalue weighted by molar-refractivity contribution is 6.99. The van der Waals surface area contributed by atoms with E-state index in [2.05, 4.69) is 88.4 Å². The van der Waals surface area contributed by atoms with Crippen LogP contribution >= 0.6 is 0 Å². The van der Waals surface area contributed by atoms with Crippen molar-refractivity contribution >= 4 is 18.7 Å². The molecule has 202 valence electrons. The van der Waals surface area contributed by atoms with Crippen molar-refractivity contribution < 1.29 is 9.16 Å². The van der Waals surface area contributed by atoms with Crippen LogP contribution in [0.15, 0.2) is 60.7 Å². The van der Waals surface area contributed by atoms with Crippen LogP contribution in [0.4, 0.5) is 0 Å². The molecule has 2 nitrogen and oxygen atoms in total. The van der Waals surface area contributed by atoms with Gasteiger partial charge in [-0.15, -0.1) is 0 Å². The van der Waals surface area contributed by atoms with Crippen molar-refractivity contribution in [3.8, 4) is 0 Å². The summed E-state index contributed by atoms with van der Waals surface area (Å²) in [4.78, 5) is 0. The molecule has 0 aliphatic carbocycles. The maximum absolute atomic E-state index is 6.90. The number of hydrogen-bond donors (Lipinski definition) is 0. The molecule has 2 rings (SSSR count). The summed E-state index contributed by atoms with van der Waals surface area (Å²) < 4.78 is 12.9. The summed E-state index contributed by atoms with van der Waals surface area (Å²) in [6.07, 6.45) is 17.9. The number of rotatable bonds is 20. The van der Waals surface area contributed by atoms with Crippen molar-refractivity contribution in [1.82, 2.24) is 0 Å². The summed E-state index contributed by atoms with van der Waals surface area (Å²) in [7, 11) is -2.44. The lowest BCUT2D eigenvalue weighted by Crippen LogP contribution is -2.66. The van der Waals surface area contributed by atoms with Gasteiger partial charge in [0.1, 0.15) is 0 Å². The largest absolute Gasteiger partial charge is 0.405 e. The van der Waals surface area contributed by atoms with Gasteiger partial charge in [0, 0.05) is 6.61 Å². The smallest absolute Gasteiger partial charge is 0.261 e. The molecular formula is C33H54O2Si. The Kier molecular flexibility index (Phi) is 15.3. The lowest BCUT2D eigenvalue weighted by molar-refractivity contribution is 0.0939. The third-order valence-corrected chi connectivity index (χ3v) is 12.4. The number of benzene rings is 2. The molecule has 2 aromatic rings. The van der Waals surface area contributed by atoms with E-state index in [-0.39, 0.29) is 5.04 Å². The molecule has 0 heterocycles. The normalized spacial score (nSPS) is 12.2. The molecule has 2 aromatic carbocycles. The Hall–Kier alpha value is -1.42. The van der Waals surface area contributed by atoms with Crippen LogP contribution in [0.25, 0.3) is 0 Å². The minimum absolute atomic E-state index is 0.0186. The van der Waals surface area contributed by atoms with Crippen LogP contribution in [0.1, 0.15) is 111 Å². The second-order valence-electron chi connectivity index (χ2n) is 11.4. The highest BCUT2D eigenvalue weighted by Gasteiger charge is 2.49. The maximum atomic E-state index is 6.90. The molecule has 0 radical (unpaired) electrons. The first-order valence-corrected chi connectivity index (χ1v) is 16.8. The minimum Gasteiger partial charge on any atom is -0.405 e. The first-order chi connectivity index (χ1) is 17.5.